The Bertz CT molecular complexity index is 163. The summed E-state index contributed by atoms with van der Waals surface area (Å²) in [6.07, 6.45) is 4.07. The molecular formula is C8H12O3. The van der Waals surface area contributed by atoms with Crippen LogP contribution >= 0.6 is 0 Å². The Morgan fingerprint density at radius 2 is 2.64 bits per heavy atom. The Morgan fingerprint density at radius 3 is 3.18 bits per heavy atom. The highest BCUT2D eigenvalue weighted by atomic mass is 16.5. The summed E-state index contributed by atoms with van der Waals surface area (Å²) < 4.78 is 9.91. The molecule has 1 aliphatic rings. The molecule has 0 aromatic heterocycles. The van der Waals surface area contributed by atoms with Gasteiger partial charge in [-0.2, -0.15) is 0 Å². The van der Waals surface area contributed by atoms with Gasteiger partial charge in [0.05, 0.1) is 25.7 Å². The lowest BCUT2D eigenvalue weighted by molar-refractivity contribution is -0.145. The molecule has 0 aliphatic carbocycles. The van der Waals surface area contributed by atoms with Crippen LogP contribution < -0.4 is 0 Å². The third kappa shape index (κ3) is 2.72. The molecule has 1 atom stereocenters. The molecule has 62 valence electrons. The van der Waals surface area contributed by atoms with Crippen LogP contribution in [0.1, 0.15) is 13.3 Å². The Balaban J connectivity index is 2.19. The van der Waals surface area contributed by atoms with Gasteiger partial charge in [-0.05, 0) is 6.92 Å². The summed E-state index contributed by atoms with van der Waals surface area (Å²) in [5.41, 5.74) is 0. The molecule has 0 aromatic carbocycles. The van der Waals surface area contributed by atoms with Crippen molar-refractivity contribution in [2.45, 2.75) is 19.4 Å². The van der Waals surface area contributed by atoms with Gasteiger partial charge >= 0.3 is 5.97 Å². The SMILES string of the molecule is CCOC(=O)C[C@@H]1C=CCO1. The Morgan fingerprint density at radius 1 is 1.82 bits per heavy atom. The smallest absolute Gasteiger partial charge is 0.308 e. The van der Waals surface area contributed by atoms with Crippen molar-refractivity contribution in [3.8, 4) is 0 Å². The number of hydrogen-bond donors (Lipinski definition) is 0. The molecule has 0 saturated carbocycles. The summed E-state index contributed by atoms with van der Waals surface area (Å²) in [4.78, 5) is 10.9. The number of carbonyl (C=O) groups excluding carboxylic acids is 1. The summed E-state index contributed by atoms with van der Waals surface area (Å²) in [5.74, 6) is -0.191. The highest BCUT2D eigenvalue weighted by molar-refractivity contribution is 5.70. The molecule has 0 aromatic rings. The van der Waals surface area contributed by atoms with Crippen LogP contribution in [-0.2, 0) is 14.3 Å². The first-order valence-electron chi connectivity index (χ1n) is 3.77. The molecule has 0 N–H and O–H groups in total. The largest absolute Gasteiger partial charge is 0.466 e. The average Bonchev–Trinajstić information content (AvgIpc) is 2.40. The van der Waals surface area contributed by atoms with E-state index in [0.717, 1.165) is 0 Å². The number of ether oxygens (including phenoxy) is 2. The zero-order valence-electron chi connectivity index (χ0n) is 6.58. The van der Waals surface area contributed by atoms with Gasteiger partial charge in [0.25, 0.3) is 0 Å². The fourth-order valence-electron chi connectivity index (χ4n) is 0.953. The van der Waals surface area contributed by atoms with Crippen molar-refractivity contribution >= 4 is 5.97 Å². The quantitative estimate of drug-likeness (QED) is 0.449. The zero-order chi connectivity index (χ0) is 8.10. The molecule has 0 unspecified atom stereocenters. The van der Waals surface area contributed by atoms with Gasteiger partial charge in [0, 0.05) is 0 Å². The fraction of sp³-hybridized carbons (Fsp3) is 0.625. The average molecular weight is 156 g/mol. The van der Waals surface area contributed by atoms with Crippen LogP contribution in [0.15, 0.2) is 12.2 Å². The summed E-state index contributed by atoms with van der Waals surface area (Å²) >= 11 is 0. The lowest BCUT2D eigenvalue weighted by Gasteiger charge is -2.06. The molecule has 1 rings (SSSR count). The van der Waals surface area contributed by atoms with E-state index < -0.39 is 0 Å². The van der Waals surface area contributed by atoms with Crippen molar-refractivity contribution in [3.05, 3.63) is 12.2 Å². The van der Waals surface area contributed by atoms with E-state index in [2.05, 4.69) is 0 Å². The van der Waals surface area contributed by atoms with E-state index >= 15 is 0 Å². The third-order valence-electron chi connectivity index (χ3n) is 1.43. The maximum atomic E-state index is 10.9. The molecule has 0 fully saturated rings. The maximum absolute atomic E-state index is 10.9. The lowest BCUT2D eigenvalue weighted by Crippen LogP contribution is -2.14. The molecule has 0 radical (unpaired) electrons. The summed E-state index contributed by atoms with van der Waals surface area (Å²) in [6.45, 7) is 2.85. The van der Waals surface area contributed by atoms with Gasteiger partial charge in [0.2, 0.25) is 0 Å². The van der Waals surface area contributed by atoms with Gasteiger partial charge in [-0.3, -0.25) is 4.79 Å². The van der Waals surface area contributed by atoms with Gasteiger partial charge < -0.3 is 9.47 Å². The second kappa shape index (κ2) is 4.13. The minimum absolute atomic E-state index is 0.0611. The van der Waals surface area contributed by atoms with E-state index in [-0.39, 0.29) is 12.1 Å². The number of rotatable bonds is 3. The molecule has 1 aliphatic heterocycles. The van der Waals surface area contributed by atoms with Crippen LogP contribution in [0, 0.1) is 0 Å². The fourth-order valence-corrected chi connectivity index (χ4v) is 0.953. The van der Waals surface area contributed by atoms with Gasteiger partial charge in [-0.1, -0.05) is 12.2 Å². The molecule has 0 saturated heterocycles. The lowest BCUT2D eigenvalue weighted by atomic mass is 10.2. The summed E-state index contributed by atoms with van der Waals surface area (Å²) in [6, 6.07) is 0. The molecule has 3 nitrogen and oxygen atoms in total. The van der Waals surface area contributed by atoms with Crippen molar-refractivity contribution in [3.63, 3.8) is 0 Å². The Kier molecular flexibility index (Phi) is 3.11. The van der Waals surface area contributed by atoms with E-state index in [1.54, 1.807) is 6.92 Å². The van der Waals surface area contributed by atoms with Crippen molar-refractivity contribution in [2.75, 3.05) is 13.2 Å². The predicted molar refractivity (Wildman–Crippen MR) is 40.1 cm³/mol. The number of esters is 1. The van der Waals surface area contributed by atoms with Gasteiger partial charge in [0.15, 0.2) is 0 Å². The highest BCUT2D eigenvalue weighted by Gasteiger charge is 2.14. The van der Waals surface area contributed by atoms with E-state index in [0.29, 0.717) is 19.6 Å². The van der Waals surface area contributed by atoms with Crippen molar-refractivity contribution in [2.24, 2.45) is 0 Å². The Labute approximate surface area is 66.0 Å². The van der Waals surface area contributed by atoms with E-state index in [1.165, 1.54) is 0 Å². The Hall–Kier alpha value is -0.830. The van der Waals surface area contributed by atoms with E-state index in [1.807, 2.05) is 12.2 Å². The topological polar surface area (TPSA) is 35.5 Å². The minimum Gasteiger partial charge on any atom is -0.466 e. The van der Waals surface area contributed by atoms with Crippen molar-refractivity contribution in [1.82, 2.24) is 0 Å². The number of carbonyl (C=O) groups is 1. The van der Waals surface area contributed by atoms with E-state index in [9.17, 15) is 4.79 Å². The monoisotopic (exact) mass is 156 g/mol. The van der Waals surface area contributed by atoms with Gasteiger partial charge in [-0.25, -0.2) is 0 Å². The standard InChI is InChI=1S/C8H12O3/c1-2-10-8(9)6-7-4-3-5-11-7/h3-4,7H,2,5-6H2,1H3/t7-/m0/s1. The molecule has 3 heteroatoms. The molecular weight excluding hydrogens is 144 g/mol. The second-order valence-electron chi connectivity index (χ2n) is 2.31. The highest BCUT2D eigenvalue weighted by Crippen LogP contribution is 2.07. The van der Waals surface area contributed by atoms with Crippen molar-refractivity contribution < 1.29 is 14.3 Å². The van der Waals surface area contributed by atoms with Crippen LogP contribution in [0.2, 0.25) is 0 Å². The summed E-state index contributed by atoms with van der Waals surface area (Å²) in [7, 11) is 0. The van der Waals surface area contributed by atoms with Crippen LogP contribution in [0.3, 0.4) is 0 Å². The first kappa shape index (κ1) is 8.27. The predicted octanol–water partition coefficient (Wildman–Crippen LogP) is 0.895. The van der Waals surface area contributed by atoms with Crippen LogP contribution in [0.25, 0.3) is 0 Å². The summed E-state index contributed by atoms with van der Waals surface area (Å²) in [5, 5.41) is 0. The first-order valence-corrected chi connectivity index (χ1v) is 3.77. The molecule has 0 amide bonds. The van der Waals surface area contributed by atoms with Crippen LogP contribution in [0.5, 0.6) is 0 Å². The molecule has 11 heavy (non-hydrogen) atoms. The van der Waals surface area contributed by atoms with Gasteiger partial charge in [0.1, 0.15) is 0 Å². The normalized spacial score (nSPS) is 22.1. The van der Waals surface area contributed by atoms with Gasteiger partial charge in [-0.15, -0.1) is 0 Å². The minimum atomic E-state index is -0.191. The number of hydrogen-bond acceptors (Lipinski definition) is 3. The molecule has 0 spiro atoms. The zero-order valence-corrected chi connectivity index (χ0v) is 6.58. The molecule has 1 heterocycles. The van der Waals surface area contributed by atoms with Crippen LogP contribution in [0.4, 0.5) is 0 Å². The third-order valence-corrected chi connectivity index (χ3v) is 1.43. The van der Waals surface area contributed by atoms with Crippen molar-refractivity contribution in [1.29, 1.82) is 0 Å². The maximum Gasteiger partial charge on any atom is 0.308 e. The molecule has 0 bridgehead atoms. The van der Waals surface area contributed by atoms with E-state index in [4.69, 9.17) is 9.47 Å². The first-order chi connectivity index (χ1) is 5.33. The van der Waals surface area contributed by atoms with Crippen LogP contribution in [-0.4, -0.2) is 25.3 Å². The second-order valence-corrected chi connectivity index (χ2v) is 2.31.